The number of aromatic amines is 1. The molecule has 1 atom stereocenters. The molecule has 1 aromatic heterocycles. The molecule has 0 bridgehead atoms. The second kappa shape index (κ2) is 5.74. The number of nitrogens with zero attached hydrogens (tertiary/aromatic N) is 2. The van der Waals surface area contributed by atoms with Gasteiger partial charge in [0.2, 0.25) is 0 Å². The molecule has 3 rings (SSSR count). The van der Waals surface area contributed by atoms with Crippen molar-refractivity contribution in [2.24, 2.45) is 0 Å². The van der Waals surface area contributed by atoms with Crippen molar-refractivity contribution in [1.29, 1.82) is 0 Å². The van der Waals surface area contributed by atoms with Gasteiger partial charge in [-0.25, -0.2) is 0 Å². The van der Waals surface area contributed by atoms with Gasteiger partial charge in [-0.15, -0.1) is 0 Å². The van der Waals surface area contributed by atoms with Gasteiger partial charge in [0, 0.05) is 48.8 Å². The minimum absolute atomic E-state index is 0.202. The summed E-state index contributed by atoms with van der Waals surface area (Å²) in [6, 6.07) is 8.32. The Morgan fingerprint density at radius 2 is 2.15 bits per heavy atom. The van der Waals surface area contributed by atoms with Crippen LogP contribution in [0.4, 0.5) is 0 Å². The maximum atomic E-state index is 9.41. The summed E-state index contributed by atoms with van der Waals surface area (Å²) in [4.78, 5) is 7.96. The molecule has 2 aromatic rings. The molecule has 0 spiro atoms. The van der Waals surface area contributed by atoms with Gasteiger partial charge in [-0.3, -0.25) is 9.80 Å². The van der Waals surface area contributed by atoms with Crippen LogP contribution in [-0.4, -0.2) is 59.2 Å². The lowest BCUT2D eigenvalue weighted by Crippen LogP contribution is -2.52. The third-order valence-electron chi connectivity index (χ3n) is 4.17. The fraction of sp³-hybridized carbons (Fsp3) is 0.467. The lowest BCUT2D eigenvalue weighted by Gasteiger charge is -2.38. The van der Waals surface area contributed by atoms with Crippen LogP contribution < -0.4 is 0 Å². The molecule has 1 aliphatic heterocycles. The minimum atomic E-state index is 0.202. The number of para-hydroxylation sites is 1. The molecule has 108 valence electrons. The van der Waals surface area contributed by atoms with Crippen molar-refractivity contribution in [3.05, 3.63) is 35.0 Å². The molecule has 2 heterocycles. The van der Waals surface area contributed by atoms with E-state index in [0.717, 1.165) is 47.8 Å². The van der Waals surface area contributed by atoms with Gasteiger partial charge in [-0.1, -0.05) is 29.8 Å². The van der Waals surface area contributed by atoms with Crippen LogP contribution >= 0.6 is 11.6 Å². The van der Waals surface area contributed by atoms with Gasteiger partial charge < -0.3 is 10.1 Å². The fourth-order valence-electron chi connectivity index (χ4n) is 2.85. The predicted molar refractivity (Wildman–Crippen MR) is 82.1 cm³/mol. The lowest BCUT2D eigenvalue weighted by molar-refractivity contribution is 0.0535. The Kier molecular flexibility index (Phi) is 3.98. The molecule has 0 radical (unpaired) electrons. The zero-order chi connectivity index (χ0) is 14.1. The molecule has 20 heavy (non-hydrogen) atoms. The van der Waals surface area contributed by atoms with Gasteiger partial charge in [0.1, 0.15) is 0 Å². The van der Waals surface area contributed by atoms with E-state index in [1.807, 2.05) is 24.3 Å². The monoisotopic (exact) mass is 293 g/mol. The first-order valence-electron chi connectivity index (χ1n) is 6.97. The Balaban J connectivity index is 1.78. The number of H-pyrrole nitrogens is 1. The van der Waals surface area contributed by atoms with E-state index in [1.165, 1.54) is 0 Å². The van der Waals surface area contributed by atoms with E-state index < -0.39 is 0 Å². The van der Waals surface area contributed by atoms with E-state index >= 15 is 0 Å². The number of piperazine rings is 1. The Bertz CT molecular complexity index is 598. The minimum Gasteiger partial charge on any atom is -0.395 e. The normalized spacial score (nSPS) is 21.6. The number of aliphatic hydroxyl groups is 1. The summed E-state index contributed by atoms with van der Waals surface area (Å²) in [6.45, 7) is 3.85. The van der Waals surface area contributed by atoms with Crippen LogP contribution in [0.25, 0.3) is 10.9 Å². The summed E-state index contributed by atoms with van der Waals surface area (Å²) in [5.41, 5.74) is 2.15. The number of benzene rings is 1. The highest BCUT2D eigenvalue weighted by molar-refractivity contribution is 6.36. The number of rotatable bonds is 3. The number of fused-ring (bicyclic) bond motifs is 1. The second-order valence-electron chi connectivity index (χ2n) is 5.52. The van der Waals surface area contributed by atoms with Gasteiger partial charge in [-0.2, -0.15) is 0 Å². The highest BCUT2D eigenvalue weighted by Crippen LogP contribution is 2.28. The van der Waals surface area contributed by atoms with Crippen LogP contribution in [0, 0.1) is 0 Å². The molecular weight excluding hydrogens is 274 g/mol. The summed E-state index contributed by atoms with van der Waals surface area (Å²) in [7, 11) is 2.06. The van der Waals surface area contributed by atoms with Gasteiger partial charge in [-0.05, 0) is 13.1 Å². The summed E-state index contributed by atoms with van der Waals surface area (Å²) < 4.78 is 0. The topological polar surface area (TPSA) is 42.5 Å². The molecule has 2 N–H and O–H groups in total. The van der Waals surface area contributed by atoms with Crippen LogP contribution in [0.3, 0.4) is 0 Å². The number of hydrogen-bond acceptors (Lipinski definition) is 3. The summed E-state index contributed by atoms with van der Waals surface area (Å²) in [5, 5.41) is 11.3. The Labute approximate surface area is 123 Å². The molecule has 1 unspecified atom stereocenters. The molecular formula is C15H20ClN3O. The van der Waals surface area contributed by atoms with E-state index in [9.17, 15) is 5.11 Å². The van der Waals surface area contributed by atoms with Crippen molar-refractivity contribution < 1.29 is 5.11 Å². The van der Waals surface area contributed by atoms with Crippen molar-refractivity contribution in [2.75, 3.05) is 33.3 Å². The molecule has 0 aliphatic carbocycles. The Morgan fingerprint density at radius 3 is 2.90 bits per heavy atom. The second-order valence-corrected chi connectivity index (χ2v) is 5.89. The predicted octanol–water partition coefficient (Wildman–Crippen LogP) is 1.93. The standard InChI is InChI=1S/C15H20ClN3O/c1-18-6-7-19(8-11(18)10-20)9-14-15(16)12-4-2-3-5-13(12)17-14/h2-5,11,17,20H,6-10H2,1H3. The number of nitrogens with one attached hydrogen (secondary N) is 1. The third-order valence-corrected chi connectivity index (χ3v) is 4.60. The number of hydrogen-bond donors (Lipinski definition) is 2. The van der Waals surface area contributed by atoms with Crippen LogP contribution in [-0.2, 0) is 6.54 Å². The van der Waals surface area contributed by atoms with Crippen molar-refractivity contribution in [1.82, 2.24) is 14.8 Å². The average Bonchev–Trinajstić information content (AvgIpc) is 2.78. The summed E-state index contributed by atoms with van der Waals surface area (Å²) >= 11 is 6.46. The van der Waals surface area contributed by atoms with E-state index in [-0.39, 0.29) is 12.6 Å². The fourth-order valence-corrected chi connectivity index (χ4v) is 3.12. The molecule has 1 aromatic carbocycles. The highest BCUT2D eigenvalue weighted by Gasteiger charge is 2.24. The molecule has 5 heteroatoms. The molecule has 1 aliphatic rings. The Hall–Kier alpha value is -1.07. The molecule has 1 fully saturated rings. The molecule has 4 nitrogen and oxygen atoms in total. The van der Waals surface area contributed by atoms with E-state index in [4.69, 9.17) is 11.6 Å². The van der Waals surface area contributed by atoms with E-state index in [1.54, 1.807) is 0 Å². The van der Waals surface area contributed by atoms with E-state index in [2.05, 4.69) is 21.8 Å². The van der Waals surface area contributed by atoms with Crippen molar-refractivity contribution >= 4 is 22.5 Å². The van der Waals surface area contributed by atoms with Crippen molar-refractivity contribution in [3.63, 3.8) is 0 Å². The largest absolute Gasteiger partial charge is 0.395 e. The maximum absolute atomic E-state index is 9.41. The summed E-state index contributed by atoms with van der Waals surface area (Å²) in [5.74, 6) is 0. The van der Waals surface area contributed by atoms with E-state index in [0.29, 0.717) is 0 Å². The lowest BCUT2D eigenvalue weighted by atomic mass is 10.2. The number of aromatic nitrogens is 1. The van der Waals surface area contributed by atoms with Crippen molar-refractivity contribution in [2.45, 2.75) is 12.6 Å². The van der Waals surface area contributed by atoms with Gasteiger partial charge in [0.15, 0.2) is 0 Å². The molecule has 1 saturated heterocycles. The van der Waals surface area contributed by atoms with Gasteiger partial charge >= 0.3 is 0 Å². The van der Waals surface area contributed by atoms with Crippen LogP contribution in [0.1, 0.15) is 5.69 Å². The van der Waals surface area contributed by atoms with Crippen LogP contribution in [0.15, 0.2) is 24.3 Å². The van der Waals surface area contributed by atoms with Crippen LogP contribution in [0.2, 0.25) is 5.02 Å². The first kappa shape index (κ1) is 13.9. The first-order valence-corrected chi connectivity index (χ1v) is 7.35. The van der Waals surface area contributed by atoms with Crippen molar-refractivity contribution in [3.8, 4) is 0 Å². The smallest absolute Gasteiger partial charge is 0.0705 e. The SMILES string of the molecule is CN1CCN(Cc2[nH]c3ccccc3c2Cl)CC1CO. The van der Waals surface area contributed by atoms with Crippen LogP contribution in [0.5, 0.6) is 0 Å². The maximum Gasteiger partial charge on any atom is 0.0705 e. The number of aliphatic hydroxyl groups excluding tert-OH is 1. The molecule has 0 amide bonds. The summed E-state index contributed by atoms with van der Waals surface area (Å²) in [6.07, 6.45) is 0. The highest BCUT2D eigenvalue weighted by atomic mass is 35.5. The first-order chi connectivity index (χ1) is 9.69. The number of likely N-dealkylation sites (N-methyl/N-ethyl adjacent to an activating group) is 1. The van der Waals surface area contributed by atoms with Gasteiger partial charge in [0.05, 0.1) is 11.6 Å². The average molecular weight is 294 g/mol. The Morgan fingerprint density at radius 1 is 1.35 bits per heavy atom. The quantitative estimate of drug-likeness (QED) is 0.909. The third kappa shape index (κ3) is 2.56. The zero-order valence-corrected chi connectivity index (χ0v) is 12.4. The zero-order valence-electron chi connectivity index (χ0n) is 11.6. The van der Waals surface area contributed by atoms with Gasteiger partial charge in [0.25, 0.3) is 0 Å². The molecule has 0 saturated carbocycles. The number of halogens is 1.